The normalized spacial score (nSPS) is 19.4. The molecule has 1 aliphatic carbocycles. The summed E-state index contributed by atoms with van der Waals surface area (Å²) in [5, 5.41) is 6.70. The van der Waals surface area contributed by atoms with Crippen molar-refractivity contribution in [3.8, 4) is 0 Å². The van der Waals surface area contributed by atoms with Gasteiger partial charge in [-0.15, -0.1) is 0 Å². The molecule has 34 heavy (non-hydrogen) atoms. The lowest BCUT2D eigenvalue weighted by atomic mass is 9.83. The SMILES string of the molecule is C=C/C(=C\C=C(/C)N[C@@](C)(CC)CCC)[C@@H](C)NC(=O)/C(C)=C/N=C1C=C(C(C)(C)C)C=CC1. The van der Waals surface area contributed by atoms with Crippen LogP contribution in [0.4, 0.5) is 0 Å². The van der Waals surface area contributed by atoms with Gasteiger partial charge in [-0.3, -0.25) is 9.79 Å². The summed E-state index contributed by atoms with van der Waals surface area (Å²) in [7, 11) is 0. The Morgan fingerprint density at radius 1 is 1.21 bits per heavy atom. The third-order valence-electron chi connectivity index (χ3n) is 6.28. The fraction of sp³-hybridized carbons (Fsp3) is 0.533. The first-order chi connectivity index (χ1) is 15.8. The second-order valence-electron chi connectivity index (χ2n) is 10.6. The first-order valence-electron chi connectivity index (χ1n) is 12.6. The molecule has 0 saturated heterocycles. The molecule has 0 spiro atoms. The summed E-state index contributed by atoms with van der Waals surface area (Å²) in [6.07, 6.45) is 18.1. The topological polar surface area (TPSA) is 53.5 Å². The summed E-state index contributed by atoms with van der Waals surface area (Å²) in [6.45, 7) is 23.0. The second-order valence-corrected chi connectivity index (χ2v) is 10.6. The molecule has 0 saturated carbocycles. The molecule has 0 fully saturated rings. The van der Waals surface area contributed by atoms with Gasteiger partial charge in [-0.25, -0.2) is 0 Å². The van der Waals surface area contributed by atoms with Gasteiger partial charge in [-0.1, -0.05) is 71.9 Å². The number of carbonyl (C=O) groups excluding carboxylic acids is 1. The highest BCUT2D eigenvalue weighted by Crippen LogP contribution is 2.28. The largest absolute Gasteiger partial charge is 0.383 e. The van der Waals surface area contributed by atoms with Gasteiger partial charge >= 0.3 is 0 Å². The molecule has 0 aromatic rings. The minimum absolute atomic E-state index is 0.0736. The standard InChI is InChI=1S/C30H47N3O/c1-11-19-30(10,13-3)33-23(5)17-18-25(12-2)24(6)32-28(34)22(4)21-31-27-16-14-15-26(20-27)29(7,8)9/h12,14-15,17-18,20-21,24,33H,2,11,13,16,19H2,1,3-10H3,(H,32,34)/b22-21+,23-17+,25-18+,31-27?/t24-,30+/m1/s1. The number of hydrogen-bond donors (Lipinski definition) is 2. The van der Waals surface area contributed by atoms with Gasteiger partial charge in [0, 0.05) is 35.1 Å². The molecule has 1 amide bonds. The lowest BCUT2D eigenvalue weighted by Crippen LogP contribution is -2.40. The maximum absolute atomic E-state index is 12.7. The van der Waals surface area contributed by atoms with Crippen LogP contribution in [0.1, 0.15) is 88.0 Å². The summed E-state index contributed by atoms with van der Waals surface area (Å²) < 4.78 is 0. The van der Waals surface area contributed by atoms with Crippen LogP contribution in [0.2, 0.25) is 0 Å². The Labute approximate surface area is 208 Å². The molecule has 0 heterocycles. The van der Waals surface area contributed by atoms with Gasteiger partial charge < -0.3 is 10.6 Å². The molecular formula is C30H47N3O. The van der Waals surface area contributed by atoms with Crippen LogP contribution in [0.3, 0.4) is 0 Å². The second kappa shape index (κ2) is 13.3. The predicted octanol–water partition coefficient (Wildman–Crippen LogP) is 7.34. The number of rotatable bonds is 11. The van der Waals surface area contributed by atoms with Crippen LogP contribution >= 0.6 is 0 Å². The first kappa shape index (κ1) is 29.4. The summed E-state index contributed by atoms with van der Waals surface area (Å²) in [4.78, 5) is 17.3. The van der Waals surface area contributed by atoms with Gasteiger partial charge in [0.1, 0.15) is 0 Å². The molecule has 0 radical (unpaired) electrons. The molecule has 2 N–H and O–H groups in total. The third kappa shape index (κ3) is 9.70. The molecule has 188 valence electrons. The first-order valence-corrected chi connectivity index (χ1v) is 12.6. The minimum Gasteiger partial charge on any atom is -0.383 e. The van der Waals surface area contributed by atoms with Crippen LogP contribution in [-0.4, -0.2) is 23.2 Å². The monoisotopic (exact) mass is 465 g/mol. The lowest BCUT2D eigenvalue weighted by Gasteiger charge is -2.31. The van der Waals surface area contributed by atoms with Gasteiger partial charge in [0.05, 0.1) is 6.04 Å². The molecule has 0 aromatic carbocycles. The Morgan fingerprint density at radius 3 is 2.44 bits per heavy atom. The van der Waals surface area contributed by atoms with E-state index in [2.05, 4.69) is 95.0 Å². The van der Waals surface area contributed by atoms with Gasteiger partial charge in [0.15, 0.2) is 0 Å². The van der Waals surface area contributed by atoms with Crippen LogP contribution in [0, 0.1) is 5.41 Å². The van der Waals surface area contributed by atoms with Crippen molar-refractivity contribution in [2.45, 2.75) is 99.6 Å². The number of nitrogens with one attached hydrogen (secondary N) is 2. The number of nitrogens with zero attached hydrogens (tertiary/aromatic N) is 1. The fourth-order valence-corrected chi connectivity index (χ4v) is 3.79. The summed E-state index contributed by atoms with van der Waals surface area (Å²) in [6, 6.07) is -0.164. The molecule has 1 rings (SSSR count). The van der Waals surface area contributed by atoms with Gasteiger partial charge in [0.25, 0.3) is 0 Å². The molecule has 0 unspecified atom stereocenters. The maximum Gasteiger partial charge on any atom is 0.248 e. The number of carbonyl (C=O) groups is 1. The summed E-state index contributed by atoms with van der Waals surface area (Å²) in [5.74, 6) is -0.128. The van der Waals surface area contributed by atoms with E-state index in [0.717, 1.165) is 42.7 Å². The van der Waals surface area contributed by atoms with Crippen molar-refractivity contribution >= 4 is 11.6 Å². The molecule has 2 atom stereocenters. The Morgan fingerprint density at radius 2 is 1.88 bits per heavy atom. The molecule has 0 aromatic heterocycles. The van der Waals surface area contributed by atoms with Crippen LogP contribution in [0.5, 0.6) is 0 Å². The molecule has 1 aliphatic rings. The van der Waals surface area contributed by atoms with E-state index >= 15 is 0 Å². The van der Waals surface area contributed by atoms with Crippen LogP contribution in [0.25, 0.3) is 0 Å². The average molecular weight is 466 g/mol. The van der Waals surface area contributed by atoms with Crippen LogP contribution in [0.15, 0.2) is 76.6 Å². The highest BCUT2D eigenvalue weighted by molar-refractivity contribution is 5.99. The van der Waals surface area contributed by atoms with E-state index in [1.54, 1.807) is 19.2 Å². The van der Waals surface area contributed by atoms with Gasteiger partial charge in [0.2, 0.25) is 5.91 Å². The van der Waals surface area contributed by atoms with Crippen molar-refractivity contribution in [3.63, 3.8) is 0 Å². The third-order valence-corrected chi connectivity index (χ3v) is 6.28. The van der Waals surface area contributed by atoms with Crippen molar-refractivity contribution in [2.24, 2.45) is 10.4 Å². The smallest absolute Gasteiger partial charge is 0.248 e. The Kier molecular flexibility index (Phi) is 11.5. The van der Waals surface area contributed by atoms with Crippen LogP contribution < -0.4 is 10.6 Å². The maximum atomic E-state index is 12.7. The summed E-state index contributed by atoms with van der Waals surface area (Å²) in [5.41, 5.74) is 5.02. The van der Waals surface area contributed by atoms with E-state index in [-0.39, 0.29) is 22.9 Å². The van der Waals surface area contributed by atoms with E-state index in [4.69, 9.17) is 0 Å². The van der Waals surface area contributed by atoms with E-state index in [9.17, 15) is 4.79 Å². The van der Waals surface area contributed by atoms with Crippen molar-refractivity contribution in [3.05, 3.63) is 71.7 Å². The van der Waals surface area contributed by atoms with Crippen LogP contribution in [-0.2, 0) is 4.79 Å². The average Bonchev–Trinajstić information content (AvgIpc) is 2.77. The van der Waals surface area contributed by atoms with Crippen molar-refractivity contribution in [1.29, 1.82) is 0 Å². The Balaban J connectivity index is 2.87. The lowest BCUT2D eigenvalue weighted by molar-refractivity contribution is -0.117. The van der Waals surface area contributed by atoms with Gasteiger partial charge in [-0.2, -0.15) is 0 Å². The Bertz CT molecular complexity index is 906. The predicted molar refractivity (Wildman–Crippen MR) is 149 cm³/mol. The number of aliphatic imine (C=N–C) groups is 1. The Hall–Kier alpha value is -2.62. The van der Waals surface area contributed by atoms with E-state index in [1.807, 2.05) is 13.0 Å². The highest BCUT2D eigenvalue weighted by Gasteiger charge is 2.20. The van der Waals surface area contributed by atoms with Crippen molar-refractivity contribution in [1.82, 2.24) is 10.6 Å². The number of amides is 1. The fourth-order valence-electron chi connectivity index (χ4n) is 3.79. The highest BCUT2D eigenvalue weighted by atomic mass is 16.1. The zero-order valence-corrected chi connectivity index (χ0v) is 23.0. The van der Waals surface area contributed by atoms with E-state index in [1.165, 1.54) is 5.57 Å². The number of hydrogen-bond acceptors (Lipinski definition) is 3. The number of allylic oxidation sites excluding steroid dienone is 7. The molecular weight excluding hydrogens is 418 g/mol. The summed E-state index contributed by atoms with van der Waals surface area (Å²) >= 11 is 0. The zero-order valence-electron chi connectivity index (χ0n) is 23.0. The molecule has 4 nitrogen and oxygen atoms in total. The molecule has 0 bridgehead atoms. The van der Waals surface area contributed by atoms with E-state index < -0.39 is 0 Å². The molecule has 0 aliphatic heterocycles. The minimum atomic E-state index is -0.164. The zero-order chi connectivity index (χ0) is 25.9. The van der Waals surface area contributed by atoms with Gasteiger partial charge in [-0.05, 0) is 69.2 Å². The van der Waals surface area contributed by atoms with Crippen molar-refractivity contribution in [2.75, 3.05) is 0 Å². The van der Waals surface area contributed by atoms with Crippen molar-refractivity contribution < 1.29 is 4.79 Å². The quantitative estimate of drug-likeness (QED) is 0.248. The van der Waals surface area contributed by atoms with E-state index in [0.29, 0.717) is 5.57 Å². The molecule has 4 heteroatoms.